The molecule has 0 bridgehead atoms. The number of halogens is 1. The van der Waals surface area contributed by atoms with E-state index in [1.165, 1.54) is 47.9 Å². The number of nitrogens with zero attached hydrogens (tertiary/aromatic N) is 5. The summed E-state index contributed by atoms with van der Waals surface area (Å²) < 4.78 is 28.1. The quantitative estimate of drug-likeness (QED) is 0.161. The van der Waals surface area contributed by atoms with Gasteiger partial charge in [-0.3, -0.25) is 24.2 Å². The third-order valence-electron chi connectivity index (χ3n) is 7.00. The normalized spacial score (nSPS) is 11.2. The van der Waals surface area contributed by atoms with Gasteiger partial charge >= 0.3 is 16.9 Å². The Morgan fingerprint density at radius 3 is 2.00 bits per heavy atom. The molecule has 0 spiro atoms. The fourth-order valence-corrected chi connectivity index (χ4v) is 4.69. The Hall–Kier alpha value is -5.78. The topological polar surface area (TPSA) is 123 Å². The molecule has 12 heteroatoms. The Kier molecular flexibility index (Phi) is 8.80. The van der Waals surface area contributed by atoms with Crippen LogP contribution in [0.3, 0.4) is 0 Å². The van der Waals surface area contributed by atoms with E-state index in [2.05, 4.69) is 5.10 Å². The van der Waals surface area contributed by atoms with Crippen molar-refractivity contribution in [3.8, 4) is 11.5 Å². The van der Waals surface area contributed by atoms with Crippen LogP contribution >= 0.6 is 0 Å². The standard InChI is InChI=1S/C32H28FN5O6/c1-43-26-12-7-22(8-13-26)19-36-29(16-11-24-17-34-35(18-24)21-25-5-3-4-6-28(25)33)30(38(41)42)31(39)37(32(36)40)20-23-9-14-27(44-2)15-10-23/h3-18H,19-21H2,1-2H3. The largest absolute Gasteiger partial charge is 0.497 e. The maximum Gasteiger partial charge on any atom is 0.357 e. The first-order valence-corrected chi connectivity index (χ1v) is 13.5. The summed E-state index contributed by atoms with van der Waals surface area (Å²) in [6.45, 7) is -0.0685. The van der Waals surface area contributed by atoms with Gasteiger partial charge in [-0.1, -0.05) is 42.5 Å². The predicted octanol–water partition coefficient (Wildman–Crippen LogP) is 4.59. The van der Waals surface area contributed by atoms with E-state index >= 15 is 0 Å². The zero-order valence-corrected chi connectivity index (χ0v) is 23.9. The summed E-state index contributed by atoms with van der Waals surface area (Å²) in [5.41, 5.74) is -0.462. The Morgan fingerprint density at radius 1 is 0.841 bits per heavy atom. The molecule has 2 aromatic heterocycles. The van der Waals surface area contributed by atoms with Crippen molar-refractivity contribution in [2.75, 3.05) is 14.2 Å². The fourth-order valence-electron chi connectivity index (χ4n) is 4.69. The Bertz CT molecular complexity index is 1940. The average Bonchev–Trinajstić information content (AvgIpc) is 3.48. The number of nitro groups is 1. The lowest BCUT2D eigenvalue weighted by molar-refractivity contribution is -0.387. The number of benzene rings is 3. The molecule has 5 rings (SSSR count). The Balaban J connectivity index is 1.58. The first kappa shape index (κ1) is 29.7. The van der Waals surface area contributed by atoms with Crippen LogP contribution in [-0.4, -0.2) is 38.1 Å². The average molecular weight is 598 g/mol. The second-order valence-electron chi connectivity index (χ2n) is 9.84. The first-order valence-electron chi connectivity index (χ1n) is 13.5. The summed E-state index contributed by atoms with van der Waals surface area (Å²) in [5.74, 6) is 0.819. The molecule has 5 aromatic rings. The second-order valence-corrected chi connectivity index (χ2v) is 9.84. The van der Waals surface area contributed by atoms with E-state index in [0.717, 1.165) is 4.57 Å². The van der Waals surface area contributed by atoms with E-state index in [1.807, 2.05) is 0 Å². The second kappa shape index (κ2) is 13.0. The van der Waals surface area contributed by atoms with Crippen molar-refractivity contribution in [1.82, 2.24) is 18.9 Å². The molecule has 0 unspecified atom stereocenters. The molecule has 0 aliphatic heterocycles. The van der Waals surface area contributed by atoms with Gasteiger partial charge in [0.15, 0.2) is 0 Å². The maximum absolute atomic E-state index is 14.1. The van der Waals surface area contributed by atoms with Crippen molar-refractivity contribution in [2.24, 2.45) is 0 Å². The van der Waals surface area contributed by atoms with E-state index in [-0.39, 0.29) is 31.1 Å². The number of ether oxygens (including phenoxy) is 2. The monoisotopic (exact) mass is 597 g/mol. The van der Waals surface area contributed by atoms with Crippen molar-refractivity contribution in [3.63, 3.8) is 0 Å². The molecule has 0 saturated carbocycles. The zero-order chi connectivity index (χ0) is 31.2. The zero-order valence-electron chi connectivity index (χ0n) is 23.9. The molecule has 0 radical (unpaired) electrons. The summed E-state index contributed by atoms with van der Waals surface area (Å²) in [4.78, 5) is 38.9. The number of hydrogen-bond donors (Lipinski definition) is 0. The summed E-state index contributed by atoms with van der Waals surface area (Å²) in [6.07, 6.45) is 6.00. The lowest BCUT2D eigenvalue weighted by Gasteiger charge is -2.15. The Morgan fingerprint density at radius 2 is 1.43 bits per heavy atom. The molecular weight excluding hydrogens is 569 g/mol. The van der Waals surface area contributed by atoms with Gasteiger partial charge in [0.25, 0.3) is 0 Å². The van der Waals surface area contributed by atoms with Crippen LogP contribution in [0, 0.1) is 15.9 Å². The highest BCUT2D eigenvalue weighted by Gasteiger charge is 2.27. The van der Waals surface area contributed by atoms with Crippen LogP contribution in [0.25, 0.3) is 12.2 Å². The molecule has 44 heavy (non-hydrogen) atoms. The van der Waals surface area contributed by atoms with Gasteiger partial charge in [-0.2, -0.15) is 5.10 Å². The minimum Gasteiger partial charge on any atom is -0.497 e. The molecule has 0 saturated heterocycles. The van der Waals surface area contributed by atoms with Crippen LogP contribution in [0.1, 0.15) is 27.9 Å². The first-order chi connectivity index (χ1) is 21.3. The van der Waals surface area contributed by atoms with Crippen molar-refractivity contribution >= 4 is 17.8 Å². The highest BCUT2D eigenvalue weighted by Crippen LogP contribution is 2.20. The van der Waals surface area contributed by atoms with Crippen LogP contribution in [0.4, 0.5) is 10.1 Å². The van der Waals surface area contributed by atoms with Crippen molar-refractivity contribution in [1.29, 1.82) is 0 Å². The van der Waals surface area contributed by atoms with Crippen molar-refractivity contribution in [2.45, 2.75) is 19.6 Å². The third kappa shape index (κ3) is 6.49. The van der Waals surface area contributed by atoms with Gasteiger partial charge in [0.2, 0.25) is 0 Å². The number of rotatable bonds is 11. The molecule has 3 aromatic carbocycles. The lowest BCUT2D eigenvalue weighted by atomic mass is 10.2. The Labute approximate surface area is 250 Å². The van der Waals surface area contributed by atoms with Crippen molar-refractivity contribution < 1.29 is 18.8 Å². The van der Waals surface area contributed by atoms with Gasteiger partial charge in [-0.15, -0.1) is 0 Å². The summed E-state index contributed by atoms with van der Waals surface area (Å²) in [7, 11) is 3.04. The molecule has 2 heterocycles. The van der Waals surface area contributed by atoms with E-state index < -0.39 is 21.9 Å². The van der Waals surface area contributed by atoms with Crippen LogP contribution in [0.5, 0.6) is 11.5 Å². The minimum absolute atomic E-state index is 0.0568. The van der Waals surface area contributed by atoms with E-state index in [4.69, 9.17) is 9.47 Å². The highest BCUT2D eigenvalue weighted by atomic mass is 19.1. The number of methoxy groups -OCH3 is 2. The highest BCUT2D eigenvalue weighted by molar-refractivity contribution is 5.71. The van der Waals surface area contributed by atoms with Gasteiger partial charge in [0, 0.05) is 17.3 Å². The molecule has 0 fully saturated rings. The van der Waals surface area contributed by atoms with Gasteiger partial charge in [0.05, 0.1) is 45.0 Å². The minimum atomic E-state index is -1.03. The van der Waals surface area contributed by atoms with E-state index in [0.29, 0.717) is 33.8 Å². The maximum atomic E-state index is 14.1. The van der Waals surface area contributed by atoms with Crippen LogP contribution < -0.4 is 20.7 Å². The molecule has 0 atom stereocenters. The van der Waals surface area contributed by atoms with Gasteiger partial charge in [-0.05, 0) is 53.6 Å². The summed E-state index contributed by atoms with van der Waals surface area (Å²) >= 11 is 0. The number of hydrogen-bond acceptors (Lipinski definition) is 7. The molecule has 224 valence electrons. The number of aromatic nitrogens is 4. The summed E-state index contributed by atoms with van der Waals surface area (Å²) in [5, 5.41) is 16.6. The summed E-state index contributed by atoms with van der Waals surface area (Å²) in [6, 6.07) is 19.9. The third-order valence-corrected chi connectivity index (χ3v) is 7.00. The van der Waals surface area contributed by atoms with E-state index in [1.54, 1.807) is 72.9 Å². The predicted molar refractivity (Wildman–Crippen MR) is 162 cm³/mol. The SMILES string of the molecule is COc1ccc(Cn2c(C=Cc3cnn(Cc4ccccc4F)c3)c([N+](=O)[O-])c(=O)n(Cc3ccc(OC)cc3)c2=O)cc1. The fraction of sp³-hybridized carbons (Fsp3) is 0.156. The van der Waals surface area contributed by atoms with Gasteiger partial charge in [-0.25, -0.2) is 13.8 Å². The molecule has 0 amide bonds. The molecule has 11 nitrogen and oxygen atoms in total. The lowest BCUT2D eigenvalue weighted by Crippen LogP contribution is -2.42. The molecular formula is C32H28FN5O6. The molecule has 0 aliphatic carbocycles. The van der Waals surface area contributed by atoms with Gasteiger partial charge in [0.1, 0.15) is 23.0 Å². The van der Waals surface area contributed by atoms with Crippen LogP contribution in [-0.2, 0) is 19.6 Å². The molecule has 0 aliphatic rings. The van der Waals surface area contributed by atoms with Crippen molar-refractivity contribution in [3.05, 3.63) is 150 Å². The molecule has 0 N–H and O–H groups in total. The smallest absolute Gasteiger partial charge is 0.357 e. The van der Waals surface area contributed by atoms with Gasteiger partial charge < -0.3 is 9.47 Å². The van der Waals surface area contributed by atoms with Crippen LogP contribution in [0.2, 0.25) is 0 Å². The van der Waals surface area contributed by atoms with E-state index in [9.17, 15) is 24.1 Å². The van der Waals surface area contributed by atoms with Crippen LogP contribution in [0.15, 0.2) is 94.8 Å².